The lowest BCUT2D eigenvalue weighted by Crippen LogP contribution is -2.56. The van der Waals surface area contributed by atoms with Crippen LogP contribution in [0.15, 0.2) is 24.3 Å². The lowest BCUT2D eigenvalue weighted by molar-refractivity contribution is -0.123. The van der Waals surface area contributed by atoms with Gasteiger partial charge in [-0.1, -0.05) is 12.1 Å². The van der Waals surface area contributed by atoms with Crippen molar-refractivity contribution < 1.29 is 9.53 Å². The van der Waals surface area contributed by atoms with E-state index >= 15 is 0 Å². The van der Waals surface area contributed by atoms with E-state index in [4.69, 9.17) is 10.5 Å². The van der Waals surface area contributed by atoms with Gasteiger partial charge in [0.05, 0.1) is 6.61 Å². The van der Waals surface area contributed by atoms with E-state index in [9.17, 15) is 4.79 Å². The predicted molar refractivity (Wildman–Crippen MR) is 71.6 cm³/mol. The van der Waals surface area contributed by atoms with Gasteiger partial charge in [0.1, 0.15) is 5.54 Å². The van der Waals surface area contributed by atoms with E-state index in [1.807, 2.05) is 38.1 Å². The predicted octanol–water partition coefficient (Wildman–Crippen LogP) is 1.47. The largest absolute Gasteiger partial charge is 0.379 e. The summed E-state index contributed by atoms with van der Waals surface area (Å²) in [5.74, 6) is -0.0481. The van der Waals surface area contributed by atoms with E-state index in [0.29, 0.717) is 26.2 Å². The van der Waals surface area contributed by atoms with Crippen LogP contribution in [0.5, 0.6) is 0 Å². The Bertz CT molecular complexity index is 439. The van der Waals surface area contributed by atoms with Crippen molar-refractivity contribution in [1.29, 1.82) is 0 Å². The van der Waals surface area contributed by atoms with Crippen molar-refractivity contribution in [2.75, 3.05) is 24.7 Å². The molecule has 98 valence electrons. The van der Waals surface area contributed by atoms with Crippen molar-refractivity contribution in [3.8, 4) is 0 Å². The average molecular weight is 248 g/mol. The van der Waals surface area contributed by atoms with E-state index < -0.39 is 5.54 Å². The SMILES string of the molecule is CCN(C(=O)C1(N)CCOC1)c1cccc(C)c1. The molecule has 0 radical (unpaired) electrons. The van der Waals surface area contributed by atoms with Gasteiger partial charge in [0.15, 0.2) is 0 Å². The summed E-state index contributed by atoms with van der Waals surface area (Å²) in [6.45, 7) is 5.46. The van der Waals surface area contributed by atoms with Crippen LogP contribution in [0.1, 0.15) is 18.9 Å². The number of rotatable bonds is 3. The second-order valence-electron chi connectivity index (χ2n) is 4.85. The van der Waals surface area contributed by atoms with E-state index in [0.717, 1.165) is 11.3 Å². The summed E-state index contributed by atoms with van der Waals surface area (Å²) >= 11 is 0. The van der Waals surface area contributed by atoms with Gasteiger partial charge in [-0.2, -0.15) is 0 Å². The molecule has 4 nitrogen and oxygen atoms in total. The number of nitrogens with zero attached hydrogens (tertiary/aromatic N) is 1. The lowest BCUT2D eigenvalue weighted by atomic mass is 9.98. The fraction of sp³-hybridized carbons (Fsp3) is 0.500. The molecule has 1 unspecified atom stereocenters. The highest BCUT2D eigenvalue weighted by molar-refractivity contribution is 6.00. The molecule has 1 amide bonds. The van der Waals surface area contributed by atoms with E-state index in [2.05, 4.69) is 0 Å². The summed E-state index contributed by atoms with van der Waals surface area (Å²) < 4.78 is 5.26. The van der Waals surface area contributed by atoms with Gasteiger partial charge in [-0.15, -0.1) is 0 Å². The van der Waals surface area contributed by atoms with Gasteiger partial charge in [0, 0.05) is 18.8 Å². The molecule has 1 aliphatic rings. The maximum Gasteiger partial charge on any atom is 0.249 e. The Morgan fingerprint density at radius 1 is 1.56 bits per heavy atom. The Labute approximate surface area is 108 Å². The molecule has 0 bridgehead atoms. The van der Waals surface area contributed by atoms with Crippen LogP contribution >= 0.6 is 0 Å². The Balaban J connectivity index is 2.26. The average Bonchev–Trinajstić information content (AvgIpc) is 2.78. The van der Waals surface area contributed by atoms with Crippen LogP contribution < -0.4 is 10.6 Å². The van der Waals surface area contributed by atoms with Crippen LogP contribution in [0, 0.1) is 6.92 Å². The minimum absolute atomic E-state index is 0.0481. The van der Waals surface area contributed by atoms with Crippen LogP contribution in [-0.2, 0) is 9.53 Å². The lowest BCUT2D eigenvalue weighted by Gasteiger charge is -2.30. The van der Waals surface area contributed by atoms with Gasteiger partial charge in [-0.25, -0.2) is 0 Å². The minimum atomic E-state index is -0.861. The molecule has 0 aliphatic carbocycles. The number of hydrogen-bond donors (Lipinski definition) is 1. The number of nitrogens with two attached hydrogens (primary N) is 1. The maximum atomic E-state index is 12.5. The van der Waals surface area contributed by atoms with Crippen LogP contribution in [0.3, 0.4) is 0 Å². The number of ether oxygens (including phenoxy) is 1. The van der Waals surface area contributed by atoms with E-state index in [1.165, 1.54) is 0 Å². The Hall–Kier alpha value is -1.39. The van der Waals surface area contributed by atoms with Crippen LogP contribution in [0.25, 0.3) is 0 Å². The first-order chi connectivity index (χ1) is 8.57. The number of carbonyl (C=O) groups is 1. The third-order valence-corrected chi connectivity index (χ3v) is 3.35. The van der Waals surface area contributed by atoms with Crippen LogP contribution in [-0.4, -0.2) is 31.2 Å². The summed E-state index contributed by atoms with van der Waals surface area (Å²) in [5, 5.41) is 0. The second kappa shape index (κ2) is 5.08. The fourth-order valence-electron chi connectivity index (χ4n) is 2.26. The van der Waals surface area contributed by atoms with Gasteiger partial charge in [-0.05, 0) is 38.0 Å². The quantitative estimate of drug-likeness (QED) is 0.881. The van der Waals surface area contributed by atoms with Crippen molar-refractivity contribution in [3.63, 3.8) is 0 Å². The molecule has 1 atom stereocenters. The number of carbonyl (C=O) groups excluding carboxylic acids is 1. The molecular weight excluding hydrogens is 228 g/mol. The molecule has 1 aromatic carbocycles. The standard InChI is InChI=1S/C14H20N2O2/c1-3-16(12-6-4-5-11(2)9-12)13(17)14(15)7-8-18-10-14/h4-6,9H,3,7-8,10,15H2,1-2H3. The van der Waals surface area contributed by atoms with Crippen LogP contribution in [0.2, 0.25) is 0 Å². The van der Waals surface area contributed by atoms with Gasteiger partial charge < -0.3 is 15.4 Å². The molecule has 1 heterocycles. The number of amides is 1. The monoisotopic (exact) mass is 248 g/mol. The Kier molecular flexibility index (Phi) is 3.68. The number of aryl methyl sites for hydroxylation is 1. The third kappa shape index (κ3) is 2.40. The number of anilines is 1. The zero-order valence-corrected chi connectivity index (χ0v) is 11.0. The zero-order valence-electron chi connectivity index (χ0n) is 11.0. The minimum Gasteiger partial charge on any atom is -0.379 e. The first-order valence-electron chi connectivity index (χ1n) is 6.32. The molecule has 1 aromatic rings. The molecular formula is C14H20N2O2. The summed E-state index contributed by atoms with van der Waals surface area (Å²) in [6.07, 6.45) is 0.591. The molecule has 4 heteroatoms. The van der Waals surface area contributed by atoms with Crippen molar-refractivity contribution in [2.45, 2.75) is 25.8 Å². The highest BCUT2D eigenvalue weighted by Crippen LogP contribution is 2.23. The first kappa shape index (κ1) is 13.1. The molecule has 0 saturated carbocycles. The molecule has 2 N–H and O–H groups in total. The fourth-order valence-corrected chi connectivity index (χ4v) is 2.26. The summed E-state index contributed by atoms with van der Waals surface area (Å²) in [5.41, 5.74) is 7.31. The molecule has 18 heavy (non-hydrogen) atoms. The number of likely N-dealkylation sites (N-methyl/N-ethyl adjacent to an activating group) is 1. The number of benzene rings is 1. The smallest absolute Gasteiger partial charge is 0.249 e. The molecule has 1 saturated heterocycles. The topological polar surface area (TPSA) is 55.6 Å². The van der Waals surface area contributed by atoms with Crippen molar-refractivity contribution in [2.24, 2.45) is 5.73 Å². The summed E-state index contributed by atoms with van der Waals surface area (Å²) in [4.78, 5) is 14.3. The molecule has 0 aromatic heterocycles. The highest BCUT2D eigenvalue weighted by atomic mass is 16.5. The zero-order chi connectivity index (χ0) is 13.2. The third-order valence-electron chi connectivity index (χ3n) is 3.35. The second-order valence-corrected chi connectivity index (χ2v) is 4.85. The summed E-state index contributed by atoms with van der Waals surface area (Å²) in [6, 6.07) is 7.90. The normalized spacial score (nSPS) is 23.1. The van der Waals surface area contributed by atoms with Gasteiger partial charge in [0.2, 0.25) is 5.91 Å². The van der Waals surface area contributed by atoms with E-state index in [-0.39, 0.29) is 5.91 Å². The van der Waals surface area contributed by atoms with Crippen molar-refractivity contribution in [1.82, 2.24) is 0 Å². The van der Waals surface area contributed by atoms with Crippen molar-refractivity contribution in [3.05, 3.63) is 29.8 Å². The van der Waals surface area contributed by atoms with Crippen molar-refractivity contribution >= 4 is 11.6 Å². The van der Waals surface area contributed by atoms with E-state index in [1.54, 1.807) is 4.90 Å². The Morgan fingerprint density at radius 2 is 2.33 bits per heavy atom. The molecule has 2 rings (SSSR count). The molecule has 1 fully saturated rings. The summed E-state index contributed by atoms with van der Waals surface area (Å²) in [7, 11) is 0. The molecule has 1 aliphatic heterocycles. The van der Waals surface area contributed by atoms with Gasteiger partial charge in [-0.3, -0.25) is 4.79 Å². The number of hydrogen-bond acceptors (Lipinski definition) is 3. The highest BCUT2D eigenvalue weighted by Gasteiger charge is 2.41. The Morgan fingerprint density at radius 3 is 2.89 bits per heavy atom. The van der Waals surface area contributed by atoms with Gasteiger partial charge in [0.25, 0.3) is 0 Å². The molecule has 0 spiro atoms. The maximum absolute atomic E-state index is 12.5. The first-order valence-corrected chi connectivity index (χ1v) is 6.32. The van der Waals surface area contributed by atoms with Gasteiger partial charge >= 0.3 is 0 Å². The van der Waals surface area contributed by atoms with Crippen LogP contribution in [0.4, 0.5) is 5.69 Å².